The third-order valence-electron chi connectivity index (χ3n) is 2.04. The summed E-state index contributed by atoms with van der Waals surface area (Å²) in [4.78, 5) is 7.90. The van der Waals surface area contributed by atoms with E-state index in [0.717, 1.165) is 5.56 Å². The van der Waals surface area contributed by atoms with Crippen molar-refractivity contribution in [2.45, 2.75) is 6.92 Å². The number of hydrogen-bond acceptors (Lipinski definition) is 2. The summed E-state index contributed by atoms with van der Waals surface area (Å²) in [6.45, 7) is 2.03. The van der Waals surface area contributed by atoms with Crippen molar-refractivity contribution < 1.29 is 0 Å². The average molecular weight is 239 g/mol. The minimum atomic E-state index is 0.204. The van der Waals surface area contributed by atoms with E-state index in [1.54, 1.807) is 0 Å². The second-order valence-electron chi connectivity index (χ2n) is 3.20. The Hall–Kier alpha value is -1.12. The van der Waals surface area contributed by atoms with Gasteiger partial charge in [-0.1, -0.05) is 41.4 Å². The van der Waals surface area contributed by atoms with E-state index in [9.17, 15) is 0 Å². The van der Waals surface area contributed by atoms with Crippen molar-refractivity contribution in [2.75, 3.05) is 0 Å². The van der Waals surface area contributed by atoms with Gasteiger partial charge in [0.15, 0.2) is 0 Å². The number of hydrogen-bond donors (Lipinski definition) is 0. The molecule has 0 aliphatic carbocycles. The SMILES string of the molecule is Cc1ccc(-c2nc(Cl)ncc2Cl)cc1. The molecule has 0 aliphatic rings. The van der Waals surface area contributed by atoms with Crippen molar-refractivity contribution in [1.82, 2.24) is 9.97 Å². The molecule has 0 saturated carbocycles. The maximum absolute atomic E-state index is 5.99. The van der Waals surface area contributed by atoms with Gasteiger partial charge in [0.25, 0.3) is 0 Å². The minimum absolute atomic E-state index is 0.204. The Morgan fingerprint density at radius 3 is 2.40 bits per heavy atom. The van der Waals surface area contributed by atoms with E-state index in [-0.39, 0.29) is 5.28 Å². The summed E-state index contributed by atoms with van der Waals surface area (Å²) in [6, 6.07) is 7.92. The summed E-state index contributed by atoms with van der Waals surface area (Å²) in [5.74, 6) is 0. The quantitative estimate of drug-likeness (QED) is 0.708. The van der Waals surface area contributed by atoms with E-state index in [2.05, 4.69) is 9.97 Å². The lowest BCUT2D eigenvalue weighted by Crippen LogP contribution is -1.88. The van der Waals surface area contributed by atoms with Crippen LogP contribution in [0.3, 0.4) is 0 Å². The number of aryl methyl sites for hydroxylation is 1. The predicted octanol–water partition coefficient (Wildman–Crippen LogP) is 3.76. The van der Waals surface area contributed by atoms with Crippen LogP contribution in [-0.2, 0) is 0 Å². The van der Waals surface area contributed by atoms with Crippen molar-refractivity contribution in [2.24, 2.45) is 0 Å². The molecule has 2 nitrogen and oxygen atoms in total. The van der Waals surface area contributed by atoms with Crippen molar-refractivity contribution in [3.8, 4) is 11.3 Å². The molecular formula is C11H8Cl2N2. The van der Waals surface area contributed by atoms with E-state index in [1.165, 1.54) is 11.8 Å². The highest BCUT2D eigenvalue weighted by molar-refractivity contribution is 6.33. The largest absolute Gasteiger partial charge is 0.225 e. The number of halogens is 2. The Balaban J connectivity index is 2.53. The number of aromatic nitrogens is 2. The summed E-state index contributed by atoms with van der Waals surface area (Å²) in [6.07, 6.45) is 1.51. The van der Waals surface area contributed by atoms with E-state index in [1.807, 2.05) is 31.2 Å². The molecule has 0 spiro atoms. The molecule has 0 atom stereocenters. The topological polar surface area (TPSA) is 25.8 Å². The highest BCUT2D eigenvalue weighted by Gasteiger charge is 2.06. The first-order chi connectivity index (χ1) is 7.16. The van der Waals surface area contributed by atoms with Crippen molar-refractivity contribution in [3.63, 3.8) is 0 Å². The van der Waals surface area contributed by atoms with Gasteiger partial charge in [-0.2, -0.15) is 0 Å². The van der Waals surface area contributed by atoms with Crippen LogP contribution in [0.4, 0.5) is 0 Å². The van der Waals surface area contributed by atoms with Crippen LogP contribution in [-0.4, -0.2) is 9.97 Å². The first kappa shape index (κ1) is 10.4. The van der Waals surface area contributed by atoms with Crippen LogP contribution in [0.1, 0.15) is 5.56 Å². The van der Waals surface area contributed by atoms with E-state index < -0.39 is 0 Å². The zero-order valence-corrected chi connectivity index (χ0v) is 9.55. The Morgan fingerprint density at radius 2 is 1.73 bits per heavy atom. The van der Waals surface area contributed by atoms with Gasteiger partial charge in [0.1, 0.15) is 0 Å². The van der Waals surface area contributed by atoms with Crippen LogP contribution in [0.25, 0.3) is 11.3 Å². The highest BCUT2D eigenvalue weighted by Crippen LogP contribution is 2.26. The molecule has 1 aromatic heterocycles. The lowest BCUT2D eigenvalue weighted by atomic mass is 10.1. The normalized spacial score (nSPS) is 10.3. The van der Waals surface area contributed by atoms with Gasteiger partial charge in [-0.15, -0.1) is 0 Å². The molecule has 2 rings (SSSR count). The molecule has 4 heteroatoms. The van der Waals surface area contributed by atoms with Crippen LogP contribution in [0.5, 0.6) is 0 Å². The lowest BCUT2D eigenvalue weighted by Gasteiger charge is -2.03. The van der Waals surface area contributed by atoms with Gasteiger partial charge in [0.05, 0.1) is 16.9 Å². The molecule has 0 bridgehead atoms. The third-order valence-corrected chi connectivity index (χ3v) is 2.50. The van der Waals surface area contributed by atoms with Gasteiger partial charge >= 0.3 is 0 Å². The lowest BCUT2D eigenvalue weighted by molar-refractivity contribution is 1.17. The molecule has 0 fully saturated rings. The Kier molecular flexibility index (Phi) is 2.89. The summed E-state index contributed by atoms with van der Waals surface area (Å²) < 4.78 is 0. The van der Waals surface area contributed by atoms with Crippen LogP contribution in [0, 0.1) is 6.92 Å². The molecule has 0 N–H and O–H groups in total. The molecule has 15 heavy (non-hydrogen) atoms. The molecule has 0 radical (unpaired) electrons. The molecule has 0 aliphatic heterocycles. The maximum Gasteiger partial charge on any atom is 0.222 e. The molecule has 1 heterocycles. The van der Waals surface area contributed by atoms with Gasteiger partial charge in [-0.05, 0) is 18.5 Å². The van der Waals surface area contributed by atoms with Crippen molar-refractivity contribution in [1.29, 1.82) is 0 Å². The van der Waals surface area contributed by atoms with Gasteiger partial charge < -0.3 is 0 Å². The monoisotopic (exact) mass is 238 g/mol. The first-order valence-electron chi connectivity index (χ1n) is 4.42. The smallest absolute Gasteiger partial charge is 0.222 e. The fourth-order valence-corrected chi connectivity index (χ4v) is 1.59. The summed E-state index contributed by atoms with van der Waals surface area (Å²) in [7, 11) is 0. The van der Waals surface area contributed by atoms with Crippen LogP contribution >= 0.6 is 23.2 Å². The second kappa shape index (κ2) is 4.17. The molecule has 0 unspecified atom stereocenters. The summed E-state index contributed by atoms with van der Waals surface area (Å²) in [5.41, 5.74) is 2.79. The third kappa shape index (κ3) is 2.28. The minimum Gasteiger partial charge on any atom is -0.225 e. The predicted molar refractivity (Wildman–Crippen MR) is 62.2 cm³/mol. The zero-order chi connectivity index (χ0) is 10.8. The number of benzene rings is 1. The van der Waals surface area contributed by atoms with Gasteiger partial charge in [-0.25, -0.2) is 9.97 Å². The van der Waals surface area contributed by atoms with Gasteiger partial charge in [0.2, 0.25) is 5.28 Å². The Morgan fingerprint density at radius 1 is 1.07 bits per heavy atom. The number of nitrogens with zero attached hydrogens (tertiary/aromatic N) is 2. The number of rotatable bonds is 1. The standard InChI is InChI=1S/C11H8Cl2N2/c1-7-2-4-8(5-3-7)10-9(12)6-14-11(13)15-10/h2-6H,1H3. The molecule has 0 amide bonds. The van der Waals surface area contributed by atoms with E-state index in [0.29, 0.717) is 10.7 Å². The van der Waals surface area contributed by atoms with E-state index >= 15 is 0 Å². The second-order valence-corrected chi connectivity index (χ2v) is 3.95. The van der Waals surface area contributed by atoms with Crippen molar-refractivity contribution in [3.05, 3.63) is 46.3 Å². The summed E-state index contributed by atoms with van der Waals surface area (Å²) in [5, 5.41) is 0.707. The molecule has 2 aromatic rings. The molecule has 1 aromatic carbocycles. The highest BCUT2D eigenvalue weighted by atomic mass is 35.5. The van der Waals surface area contributed by atoms with Crippen LogP contribution in [0.2, 0.25) is 10.3 Å². The molecular weight excluding hydrogens is 231 g/mol. The summed E-state index contributed by atoms with van der Waals surface area (Å²) >= 11 is 11.7. The molecule has 0 saturated heterocycles. The maximum atomic E-state index is 5.99. The van der Waals surface area contributed by atoms with Crippen LogP contribution < -0.4 is 0 Å². The fourth-order valence-electron chi connectivity index (χ4n) is 1.26. The average Bonchev–Trinajstić information content (AvgIpc) is 2.23. The Bertz CT molecular complexity index is 480. The Labute approximate surface area is 97.9 Å². The van der Waals surface area contributed by atoms with E-state index in [4.69, 9.17) is 23.2 Å². The van der Waals surface area contributed by atoms with Crippen molar-refractivity contribution >= 4 is 23.2 Å². The van der Waals surface area contributed by atoms with Gasteiger partial charge in [0, 0.05) is 5.56 Å². The zero-order valence-electron chi connectivity index (χ0n) is 8.04. The van der Waals surface area contributed by atoms with Crippen LogP contribution in [0.15, 0.2) is 30.5 Å². The fraction of sp³-hybridized carbons (Fsp3) is 0.0909. The first-order valence-corrected chi connectivity index (χ1v) is 5.17. The van der Waals surface area contributed by atoms with Gasteiger partial charge in [-0.3, -0.25) is 0 Å². The molecule has 76 valence electrons.